The van der Waals surface area contributed by atoms with Gasteiger partial charge in [0.25, 0.3) is 0 Å². The van der Waals surface area contributed by atoms with E-state index in [1.54, 1.807) is 0 Å². The highest BCUT2D eigenvalue weighted by Gasteiger charge is 2.32. The van der Waals surface area contributed by atoms with E-state index >= 15 is 0 Å². The smallest absolute Gasteiger partial charge is 0.340 e. The average molecular weight is 275 g/mol. The van der Waals surface area contributed by atoms with Crippen molar-refractivity contribution < 1.29 is 22.1 Å². The molecule has 0 saturated heterocycles. The van der Waals surface area contributed by atoms with E-state index in [1.165, 1.54) is 6.92 Å². The van der Waals surface area contributed by atoms with E-state index in [2.05, 4.69) is 14.7 Å². The maximum absolute atomic E-state index is 13.2. The van der Waals surface area contributed by atoms with Crippen molar-refractivity contribution in [3.05, 3.63) is 46.9 Å². The number of hydrogen-bond acceptors (Lipinski definition) is 4. The number of aryl methyl sites for hydroxylation is 1. The summed E-state index contributed by atoms with van der Waals surface area (Å²) in [6, 6.07) is 0.984. The van der Waals surface area contributed by atoms with Crippen LogP contribution in [0, 0.1) is 12.7 Å². The zero-order valence-electron chi connectivity index (χ0n) is 9.70. The summed E-state index contributed by atoms with van der Waals surface area (Å²) in [7, 11) is 0. The lowest BCUT2D eigenvalue weighted by Gasteiger charge is -2.12. The Bertz CT molecular complexity index is 594. The van der Waals surface area contributed by atoms with Crippen LogP contribution in [0.1, 0.15) is 28.9 Å². The second-order valence-electron chi connectivity index (χ2n) is 3.92. The number of nitrogens with two attached hydrogens (primary N) is 1. The first kappa shape index (κ1) is 13.5. The summed E-state index contributed by atoms with van der Waals surface area (Å²) in [4.78, 5) is 3.80. The Morgan fingerprint density at radius 3 is 2.47 bits per heavy atom. The maximum Gasteiger partial charge on any atom is 0.416 e. The van der Waals surface area contributed by atoms with E-state index in [1.807, 2.05) is 0 Å². The average Bonchev–Trinajstić information content (AvgIpc) is 2.73. The van der Waals surface area contributed by atoms with Gasteiger partial charge in [-0.15, -0.1) is 0 Å². The van der Waals surface area contributed by atoms with Gasteiger partial charge in [0.2, 0.25) is 5.89 Å². The molecule has 0 bridgehead atoms. The summed E-state index contributed by atoms with van der Waals surface area (Å²) < 4.78 is 55.6. The Balaban J connectivity index is 2.42. The number of aromatic nitrogens is 2. The lowest BCUT2D eigenvalue weighted by atomic mass is 10.0. The minimum Gasteiger partial charge on any atom is -0.340 e. The second-order valence-corrected chi connectivity index (χ2v) is 3.92. The second kappa shape index (κ2) is 4.61. The summed E-state index contributed by atoms with van der Waals surface area (Å²) in [6.45, 7) is 1.51. The molecule has 4 nitrogen and oxygen atoms in total. The third-order valence-electron chi connectivity index (χ3n) is 2.43. The van der Waals surface area contributed by atoms with Gasteiger partial charge in [0.1, 0.15) is 5.82 Å². The number of alkyl halides is 3. The predicted octanol–water partition coefficient (Wildman–Crippen LogP) is 2.58. The fraction of sp³-hybridized carbons (Fsp3) is 0.273. The fourth-order valence-corrected chi connectivity index (χ4v) is 1.55. The van der Waals surface area contributed by atoms with Crippen LogP contribution in [-0.2, 0) is 6.18 Å². The Kier molecular flexibility index (Phi) is 3.27. The molecular weight excluding hydrogens is 266 g/mol. The molecule has 2 rings (SSSR count). The summed E-state index contributed by atoms with van der Waals surface area (Å²) in [5, 5.41) is 3.50. The summed E-state index contributed by atoms with van der Waals surface area (Å²) in [5.41, 5.74) is 4.50. The van der Waals surface area contributed by atoms with E-state index < -0.39 is 23.6 Å². The summed E-state index contributed by atoms with van der Waals surface area (Å²) in [5.74, 6) is -0.811. The van der Waals surface area contributed by atoms with E-state index in [4.69, 9.17) is 5.73 Å². The van der Waals surface area contributed by atoms with Crippen molar-refractivity contribution in [2.75, 3.05) is 0 Å². The number of hydrogen-bond donors (Lipinski definition) is 1. The molecule has 2 aromatic rings. The Labute approximate surface area is 105 Å². The first-order chi connectivity index (χ1) is 8.77. The summed E-state index contributed by atoms with van der Waals surface area (Å²) in [6.07, 6.45) is -4.65. The summed E-state index contributed by atoms with van der Waals surface area (Å²) >= 11 is 0. The molecule has 0 saturated carbocycles. The van der Waals surface area contributed by atoms with Crippen molar-refractivity contribution in [2.45, 2.75) is 19.1 Å². The number of nitrogens with zero attached hydrogens (tertiary/aromatic N) is 2. The van der Waals surface area contributed by atoms with Crippen LogP contribution < -0.4 is 5.73 Å². The lowest BCUT2D eigenvalue weighted by Crippen LogP contribution is -2.16. The molecule has 0 aliphatic heterocycles. The maximum atomic E-state index is 13.2. The molecular formula is C11H9F4N3O. The topological polar surface area (TPSA) is 64.9 Å². The molecule has 1 heterocycles. The van der Waals surface area contributed by atoms with Crippen LogP contribution in [0.25, 0.3) is 0 Å². The zero-order chi connectivity index (χ0) is 14.2. The van der Waals surface area contributed by atoms with Crippen LogP contribution in [-0.4, -0.2) is 10.1 Å². The first-order valence-corrected chi connectivity index (χ1v) is 5.21. The van der Waals surface area contributed by atoms with Crippen molar-refractivity contribution in [1.82, 2.24) is 10.1 Å². The number of benzene rings is 1. The van der Waals surface area contributed by atoms with Gasteiger partial charge in [-0.2, -0.15) is 18.2 Å². The largest absolute Gasteiger partial charge is 0.416 e. The lowest BCUT2D eigenvalue weighted by molar-refractivity contribution is -0.137. The Morgan fingerprint density at radius 2 is 1.95 bits per heavy atom. The Morgan fingerprint density at radius 1 is 1.26 bits per heavy atom. The molecule has 0 amide bonds. The normalized spacial score (nSPS) is 13.6. The van der Waals surface area contributed by atoms with Gasteiger partial charge in [-0.25, -0.2) is 4.39 Å². The predicted molar refractivity (Wildman–Crippen MR) is 56.5 cm³/mol. The molecule has 0 fully saturated rings. The van der Waals surface area contributed by atoms with Crippen LogP contribution in [0.5, 0.6) is 0 Å². The van der Waals surface area contributed by atoms with Gasteiger partial charge in [0, 0.05) is 6.92 Å². The van der Waals surface area contributed by atoms with Gasteiger partial charge in [-0.3, -0.25) is 0 Å². The molecule has 0 aliphatic rings. The molecule has 0 aliphatic carbocycles. The number of rotatable bonds is 2. The minimum absolute atomic E-state index is 0.00350. The first-order valence-electron chi connectivity index (χ1n) is 5.21. The Hall–Kier alpha value is -1.96. The van der Waals surface area contributed by atoms with E-state index in [0.29, 0.717) is 6.07 Å². The molecule has 1 aromatic heterocycles. The number of halogens is 4. The van der Waals surface area contributed by atoms with E-state index in [9.17, 15) is 17.6 Å². The monoisotopic (exact) mass is 275 g/mol. The molecule has 1 atom stereocenters. The van der Waals surface area contributed by atoms with Crippen molar-refractivity contribution in [2.24, 2.45) is 5.73 Å². The quantitative estimate of drug-likeness (QED) is 0.855. The van der Waals surface area contributed by atoms with E-state index in [-0.39, 0.29) is 17.3 Å². The van der Waals surface area contributed by atoms with Gasteiger partial charge in [0.05, 0.1) is 11.6 Å². The molecule has 0 radical (unpaired) electrons. The van der Waals surface area contributed by atoms with Crippen molar-refractivity contribution >= 4 is 0 Å². The van der Waals surface area contributed by atoms with Gasteiger partial charge in [-0.1, -0.05) is 5.16 Å². The SMILES string of the molecule is Cc1nc(C(N)c2cc(F)cc(C(F)(F)F)c2)no1. The van der Waals surface area contributed by atoms with Crippen LogP contribution in [0.4, 0.5) is 17.6 Å². The molecule has 2 N–H and O–H groups in total. The molecule has 1 unspecified atom stereocenters. The highest BCUT2D eigenvalue weighted by Crippen LogP contribution is 2.32. The molecule has 1 aromatic carbocycles. The molecule has 0 spiro atoms. The third-order valence-corrected chi connectivity index (χ3v) is 2.43. The zero-order valence-corrected chi connectivity index (χ0v) is 9.70. The van der Waals surface area contributed by atoms with E-state index in [0.717, 1.165) is 12.1 Å². The van der Waals surface area contributed by atoms with Crippen LogP contribution >= 0.6 is 0 Å². The van der Waals surface area contributed by atoms with Gasteiger partial charge < -0.3 is 10.3 Å². The van der Waals surface area contributed by atoms with Crippen molar-refractivity contribution in [1.29, 1.82) is 0 Å². The molecule has 19 heavy (non-hydrogen) atoms. The van der Waals surface area contributed by atoms with Gasteiger partial charge in [-0.05, 0) is 23.8 Å². The van der Waals surface area contributed by atoms with Gasteiger partial charge >= 0.3 is 6.18 Å². The molecule has 102 valence electrons. The third kappa shape index (κ3) is 2.90. The van der Waals surface area contributed by atoms with Crippen molar-refractivity contribution in [3.8, 4) is 0 Å². The van der Waals surface area contributed by atoms with Crippen LogP contribution in [0.15, 0.2) is 22.7 Å². The highest BCUT2D eigenvalue weighted by atomic mass is 19.4. The van der Waals surface area contributed by atoms with Crippen LogP contribution in [0.2, 0.25) is 0 Å². The van der Waals surface area contributed by atoms with Crippen LogP contribution in [0.3, 0.4) is 0 Å². The van der Waals surface area contributed by atoms with Crippen molar-refractivity contribution in [3.63, 3.8) is 0 Å². The fourth-order valence-electron chi connectivity index (χ4n) is 1.55. The van der Waals surface area contributed by atoms with Gasteiger partial charge in [0.15, 0.2) is 5.82 Å². The standard InChI is InChI=1S/C11H9F4N3O/c1-5-17-10(18-19-5)9(16)6-2-7(11(13,14)15)4-8(12)3-6/h2-4,9H,16H2,1H3. The minimum atomic E-state index is -4.65. The highest BCUT2D eigenvalue weighted by molar-refractivity contribution is 5.31. The molecule has 8 heteroatoms.